The van der Waals surface area contributed by atoms with Gasteiger partial charge in [-0.05, 0) is 33.8 Å². The summed E-state index contributed by atoms with van der Waals surface area (Å²) < 4.78 is 10.9. The molecular weight excluding hydrogens is 234 g/mol. The van der Waals surface area contributed by atoms with Crippen molar-refractivity contribution < 1.29 is 19.4 Å². The molecule has 0 unspecified atom stereocenters. The van der Waals surface area contributed by atoms with Gasteiger partial charge in [-0.1, -0.05) is 0 Å². The Morgan fingerprint density at radius 3 is 2.50 bits per heavy atom. The Morgan fingerprint density at radius 1 is 1.33 bits per heavy atom. The van der Waals surface area contributed by atoms with E-state index < -0.39 is 5.97 Å². The molecule has 5 nitrogen and oxygen atoms in total. The molecule has 0 spiro atoms. The first-order valence-electron chi connectivity index (χ1n) is 5.77. The minimum atomic E-state index is -0.984. The van der Waals surface area contributed by atoms with Crippen molar-refractivity contribution in [1.82, 2.24) is 4.98 Å². The second-order valence-electron chi connectivity index (χ2n) is 4.90. The van der Waals surface area contributed by atoms with Crippen LogP contribution in [-0.2, 0) is 4.74 Å². The largest absolute Gasteiger partial charge is 0.478 e. The van der Waals surface area contributed by atoms with Gasteiger partial charge in [0.25, 0.3) is 0 Å². The Morgan fingerprint density at radius 2 is 2.00 bits per heavy atom. The molecule has 0 aliphatic rings. The number of carboxylic acid groups (broad SMARTS) is 1. The molecule has 0 aliphatic heterocycles. The van der Waals surface area contributed by atoms with E-state index >= 15 is 0 Å². The van der Waals surface area contributed by atoms with E-state index in [4.69, 9.17) is 14.6 Å². The van der Waals surface area contributed by atoms with Gasteiger partial charge in [0.05, 0.1) is 23.5 Å². The van der Waals surface area contributed by atoms with Gasteiger partial charge < -0.3 is 14.6 Å². The van der Waals surface area contributed by atoms with Crippen molar-refractivity contribution in [2.24, 2.45) is 0 Å². The molecule has 0 saturated carbocycles. The van der Waals surface area contributed by atoms with E-state index in [1.54, 1.807) is 13.0 Å². The average molecular weight is 253 g/mol. The summed E-state index contributed by atoms with van der Waals surface area (Å²) in [6.45, 7) is 8.40. The number of aromatic nitrogens is 1. The number of carbonyl (C=O) groups is 1. The van der Waals surface area contributed by atoms with Gasteiger partial charge in [0.2, 0.25) is 5.88 Å². The Bertz CT molecular complexity index is 423. The third-order valence-electron chi connectivity index (χ3n) is 2.16. The average Bonchev–Trinajstić information content (AvgIpc) is 2.22. The minimum Gasteiger partial charge on any atom is -0.478 e. The summed E-state index contributed by atoms with van der Waals surface area (Å²) >= 11 is 0. The highest BCUT2D eigenvalue weighted by atomic mass is 16.5. The fraction of sp³-hybridized carbons (Fsp3) is 0.538. The number of aryl methyl sites for hydroxylation is 1. The Hall–Kier alpha value is -1.62. The molecule has 1 heterocycles. The van der Waals surface area contributed by atoms with E-state index in [0.29, 0.717) is 24.8 Å². The second-order valence-corrected chi connectivity index (χ2v) is 4.90. The fourth-order valence-electron chi connectivity index (χ4n) is 1.34. The van der Waals surface area contributed by atoms with Crippen LogP contribution >= 0.6 is 0 Å². The molecule has 100 valence electrons. The number of hydrogen-bond acceptors (Lipinski definition) is 4. The normalized spacial score (nSPS) is 11.3. The monoisotopic (exact) mass is 253 g/mol. The number of hydrogen-bond donors (Lipinski definition) is 1. The highest BCUT2D eigenvalue weighted by Gasteiger charge is 2.11. The smallest absolute Gasteiger partial charge is 0.337 e. The second kappa shape index (κ2) is 5.82. The highest BCUT2D eigenvalue weighted by molar-refractivity contribution is 5.88. The summed E-state index contributed by atoms with van der Waals surface area (Å²) in [5.41, 5.74) is 0.435. The summed E-state index contributed by atoms with van der Waals surface area (Å²) in [6.07, 6.45) is 0. The molecule has 0 amide bonds. The van der Waals surface area contributed by atoms with E-state index in [9.17, 15) is 4.79 Å². The third-order valence-corrected chi connectivity index (χ3v) is 2.16. The SMILES string of the molecule is Cc1nc(OCCOC(C)(C)C)ccc1C(=O)O. The molecule has 0 saturated heterocycles. The topological polar surface area (TPSA) is 68.7 Å². The van der Waals surface area contributed by atoms with Crippen LogP contribution in [0.3, 0.4) is 0 Å². The Kier molecular flexibility index (Phi) is 4.67. The van der Waals surface area contributed by atoms with Crippen LogP contribution in [0.5, 0.6) is 5.88 Å². The van der Waals surface area contributed by atoms with Crippen molar-refractivity contribution in [3.8, 4) is 5.88 Å². The van der Waals surface area contributed by atoms with Crippen LogP contribution in [-0.4, -0.2) is 34.9 Å². The van der Waals surface area contributed by atoms with Crippen molar-refractivity contribution in [3.63, 3.8) is 0 Å². The van der Waals surface area contributed by atoms with Gasteiger partial charge in [0, 0.05) is 6.07 Å². The number of nitrogens with zero attached hydrogens (tertiary/aromatic N) is 1. The maximum absolute atomic E-state index is 10.8. The molecule has 0 aromatic carbocycles. The lowest BCUT2D eigenvalue weighted by Gasteiger charge is -2.19. The maximum Gasteiger partial charge on any atom is 0.337 e. The molecule has 1 aromatic rings. The molecule has 1 N–H and O–H groups in total. The number of aromatic carboxylic acids is 1. The van der Waals surface area contributed by atoms with E-state index in [2.05, 4.69) is 4.98 Å². The van der Waals surface area contributed by atoms with Gasteiger partial charge in [-0.3, -0.25) is 0 Å². The van der Waals surface area contributed by atoms with Crippen molar-refractivity contribution in [3.05, 3.63) is 23.4 Å². The predicted octanol–water partition coefficient (Wildman–Crippen LogP) is 2.28. The molecule has 0 aliphatic carbocycles. The summed E-state index contributed by atoms with van der Waals surface area (Å²) in [4.78, 5) is 14.9. The van der Waals surface area contributed by atoms with Crippen molar-refractivity contribution in [2.75, 3.05) is 13.2 Å². The van der Waals surface area contributed by atoms with E-state index in [0.717, 1.165) is 0 Å². The number of ether oxygens (including phenoxy) is 2. The number of pyridine rings is 1. The zero-order chi connectivity index (χ0) is 13.8. The third kappa shape index (κ3) is 4.71. The molecule has 0 fully saturated rings. The van der Waals surface area contributed by atoms with Crippen LogP contribution in [0, 0.1) is 6.92 Å². The summed E-state index contributed by atoms with van der Waals surface area (Å²) in [5, 5.41) is 8.86. The van der Waals surface area contributed by atoms with Crippen LogP contribution in [0.25, 0.3) is 0 Å². The number of carboxylic acids is 1. The highest BCUT2D eigenvalue weighted by Crippen LogP contribution is 2.13. The van der Waals surface area contributed by atoms with E-state index in [1.165, 1.54) is 6.07 Å². The lowest BCUT2D eigenvalue weighted by molar-refractivity contribution is -0.0168. The minimum absolute atomic E-state index is 0.188. The van der Waals surface area contributed by atoms with E-state index in [1.807, 2.05) is 20.8 Å². The Labute approximate surface area is 107 Å². The molecule has 0 atom stereocenters. The van der Waals surface area contributed by atoms with E-state index in [-0.39, 0.29) is 11.2 Å². The van der Waals surface area contributed by atoms with Gasteiger partial charge in [-0.25, -0.2) is 9.78 Å². The molecular formula is C13H19NO4. The lowest BCUT2D eigenvalue weighted by atomic mass is 10.2. The first-order valence-corrected chi connectivity index (χ1v) is 5.77. The summed E-state index contributed by atoms with van der Waals surface area (Å²) in [5.74, 6) is -0.572. The molecule has 1 rings (SSSR count). The van der Waals surface area contributed by atoms with Crippen LogP contribution in [0.4, 0.5) is 0 Å². The Balaban J connectivity index is 2.49. The van der Waals surface area contributed by atoms with Gasteiger partial charge in [-0.15, -0.1) is 0 Å². The standard InChI is InChI=1S/C13H19NO4/c1-9-10(12(15)16)5-6-11(14-9)17-7-8-18-13(2,3)4/h5-6H,7-8H2,1-4H3,(H,15,16). The molecule has 0 bridgehead atoms. The first kappa shape index (κ1) is 14.4. The summed E-state index contributed by atoms with van der Waals surface area (Å²) in [7, 11) is 0. The van der Waals surface area contributed by atoms with Crippen LogP contribution in [0.2, 0.25) is 0 Å². The summed E-state index contributed by atoms with van der Waals surface area (Å²) in [6, 6.07) is 3.04. The van der Waals surface area contributed by atoms with Gasteiger partial charge in [0.1, 0.15) is 6.61 Å². The molecule has 0 radical (unpaired) electrons. The first-order chi connectivity index (χ1) is 8.29. The molecule has 5 heteroatoms. The van der Waals surface area contributed by atoms with Crippen molar-refractivity contribution >= 4 is 5.97 Å². The zero-order valence-electron chi connectivity index (χ0n) is 11.2. The van der Waals surface area contributed by atoms with Gasteiger partial charge in [-0.2, -0.15) is 0 Å². The predicted molar refractivity (Wildman–Crippen MR) is 67.1 cm³/mol. The lowest BCUT2D eigenvalue weighted by Crippen LogP contribution is -2.22. The molecule has 18 heavy (non-hydrogen) atoms. The van der Waals surface area contributed by atoms with Gasteiger partial charge >= 0.3 is 5.97 Å². The van der Waals surface area contributed by atoms with Crippen LogP contribution < -0.4 is 4.74 Å². The van der Waals surface area contributed by atoms with Crippen molar-refractivity contribution in [1.29, 1.82) is 0 Å². The number of rotatable bonds is 5. The molecule has 1 aromatic heterocycles. The van der Waals surface area contributed by atoms with Gasteiger partial charge in [0.15, 0.2) is 0 Å². The fourth-order valence-corrected chi connectivity index (χ4v) is 1.34. The maximum atomic E-state index is 10.8. The zero-order valence-corrected chi connectivity index (χ0v) is 11.2. The van der Waals surface area contributed by atoms with Crippen LogP contribution in [0.1, 0.15) is 36.8 Å². The quantitative estimate of drug-likeness (QED) is 0.815. The van der Waals surface area contributed by atoms with Crippen molar-refractivity contribution in [2.45, 2.75) is 33.3 Å². The van der Waals surface area contributed by atoms with Crippen LogP contribution in [0.15, 0.2) is 12.1 Å².